The van der Waals surface area contributed by atoms with Gasteiger partial charge >= 0.3 is 0 Å². The van der Waals surface area contributed by atoms with Gasteiger partial charge in [0.1, 0.15) is 0 Å². The van der Waals surface area contributed by atoms with E-state index in [0.717, 1.165) is 24.3 Å². The first-order valence-electron chi connectivity index (χ1n) is 8.63. The first-order chi connectivity index (χ1) is 13.1. The largest absolute Gasteiger partial charge is 0.365 e. The normalized spacial score (nSPS) is 13.7. The first kappa shape index (κ1) is 17.3. The van der Waals surface area contributed by atoms with Crippen LogP contribution >= 0.6 is 11.6 Å². The maximum absolute atomic E-state index is 12.1. The number of hydrogen-bond donors (Lipinski definition) is 3. The summed E-state index contributed by atoms with van der Waals surface area (Å²) in [6.07, 6.45) is 0.950. The molecule has 0 fully saturated rings. The predicted molar refractivity (Wildman–Crippen MR) is 106 cm³/mol. The lowest BCUT2D eigenvalue weighted by atomic mass is 10.2. The summed E-state index contributed by atoms with van der Waals surface area (Å²) in [7, 11) is 0. The summed E-state index contributed by atoms with van der Waals surface area (Å²) in [6.45, 7) is 1.40. The van der Waals surface area contributed by atoms with Crippen molar-refractivity contribution < 1.29 is 0 Å². The summed E-state index contributed by atoms with van der Waals surface area (Å²) in [4.78, 5) is 24.2. The molecule has 0 aliphatic carbocycles. The molecule has 0 bridgehead atoms. The van der Waals surface area contributed by atoms with E-state index in [-0.39, 0.29) is 17.0 Å². The standard InChI is InChI=1S/C20H18ClN5O/c21-15-7-6-13-8-9-26(17(13)10-15)12-16-11-18(27)24-20(23-16)25-19(22)14-4-2-1-3-5-14/h1-7,10-11H,8-9,12H2,(H3,22,23,24,25,27). The zero-order valence-corrected chi connectivity index (χ0v) is 15.3. The van der Waals surface area contributed by atoms with Crippen LogP contribution in [0.3, 0.4) is 0 Å². The molecule has 2 aromatic carbocycles. The fourth-order valence-corrected chi connectivity index (χ4v) is 3.40. The van der Waals surface area contributed by atoms with Gasteiger partial charge < -0.3 is 9.88 Å². The van der Waals surface area contributed by atoms with Crippen molar-refractivity contribution in [3.63, 3.8) is 0 Å². The molecule has 2 heterocycles. The Morgan fingerprint density at radius 1 is 1.15 bits per heavy atom. The number of fused-ring (bicyclic) bond motifs is 1. The molecule has 0 saturated carbocycles. The van der Waals surface area contributed by atoms with Gasteiger partial charge in [-0.05, 0) is 24.1 Å². The van der Waals surface area contributed by atoms with Crippen LogP contribution in [-0.4, -0.2) is 22.3 Å². The minimum atomic E-state index is -0.256. The lowest BCUT2D eigenvalue weighted by molar-refractivity contribution is 0.793. The smallest absolute Gasteiger partial charge is 0.252 e. The number of aromatic amines is 2. The molecule has 3 aromatic rings. The number of aromatic nitrogens is 2. The average molecular weight is 380 g/mol. The van der Waals surface area contributed by atoms with Gasteiger partial charge in [-0.25, -0.2) is 0 Å². The highest BCUT2D eigenvalue weighted by atomic mass is 35.5. The maximum Gasteiger partial charge on any atom is 0.252 e. The SMILES string of the molecule is N=C(/N=c1/[nH]c(CN2CCc3ccc(Cl)cc32)cc(=O)[nH]1)c1ccccc1. The van der Waals surface area contributed by atoms with Crippen molar-refractivity contribution in [3.8, 4) is 0 Å². The summed E-state index contributed by atoms with van der Waals surface area (Å²) in [5.74, 6) is 0.0814. The van der Waals surface area contributed by atoms with E-state index in [2.05, 4.69) is 19.9 Å². The van der Waals surface area contributed by atoms with Crippen LogP contribution in [0.5, 0.6) is 0 Å². The minimum absolute atomic E-state index is 0.0814. The zero-order chi connectivity index (χ0) is 18.8. The predicted octanol–water partition coefficient (Wildman–Crippen LogP) is 2.85. The molecular weight excluding hydrogens is 362 g/mol. The number of halogens is 1. The van der Waals surface area contributed by atoms with Crippen LogP contribution < -0.4 is 16.1 Å². The molecule has 1 aliphatic heterocycles. The number of benzene rings is 2. The van der Waals surface area contributed by atoms with Crippen molar-refractivity contribution in [3.05, 3.63) is 92.4 Å². The number of nitrogens with one attached hydrogen (secondary N) is 3. The van der Waals surface area contributed by atoms with Crippen LogP contribution in [0.2, 0.25) is 5.02 Å². The third-order valence-corrected chi connectivity index (χ3v) is 4.73. The number of nitrogens with zero attached hydrogens (tertiary/aromatic N) is 2. The third-order valence-electron chi connectivity index (χ3n) is 4.50. The molecule has 4 rings (SSSR count). The van der Waals surface area contributed by atoms with Gasteiger partial charge in [0.15, 0.2) is 5.84 Å². The zero-order valence-electron chi connectivity index (χ0n) is 14.5. The Kier molecular flexibility index (Phi) is 4.64. The molecule has 0 unspecified atom stereocenters. The van der Waals surface area contributed by atoms with E-state index in [1.165, 1.54) is 11.6 Å². The molecule has 7 heteroatoms. The highest BCUT2D eigenvalue weighted by Gasteiger charge is 2.19. The number of amidine groups is 1. The topological polar surface area (TPSA) is 88.1 Å². The lowest BCUT2D eigenvalue weighted by Crippen LogP contribution is -2.29. The highest BCUT2D eigenvalue weighted by molar-refractivity contribution is 6.30. The van der Waals surface area contributed by atoms with Crippen molar-refractivity contribution in [1.29, 1.82) is 5.41 Å². The second kappa shape index (κ2) is 7.25. The molecule has 136 valence electrons. The molecule has 3 N–H and O–H groups in total. The monoisotopic (exact) mass is 379 g/mol. The Morgan fingerprint density at radius 3 is 2.78 bits per heavy atom. The van der Waals surface area contributed by atoms with Gasteiger partial charge in [-0.15, -0.1) is 0 Å². The molecule has 27 heavy (non-hydrogen) atoms. The molecule has 0 radical (unpaired) electrons. The van der Waals surface area contributed by atoms with E-state index in [9.17, 15) is 4.79 Å². The fourth-order valence-electron chi connectivity index (χ4n) is 3.23. The highest BCUT2D eigenvalue weighted by Crippen LogP contribution is 2.31. The van der Waals surface area contributed by atoms with Crippen LogP contribution in [0.1, 0.15) is 16.8 Å². The van der Waals surface area contributed by atoms with Gasteiger partial charge in [0.05, 0.1) is 6.54 Å². The van der Waals surface area contributed by atoms with Gasteiger partial charge in [0.25, 0.3) is 5.56 Å². The van der Waals surface area contributed by atoms with Crippen molar-refractivity contribution in [2.45, 2.75) is 13.0 Å². The first-order valence-corrected chi connectivity index (χ1v) is 9.01. The Labute approximate surface area is 160 Å². The molecule has 0 atom stereocenters. The Morgan fingerprint density at radius 2 is 1.96 bits per heavy atom. The van der Waals surface area contributed by atoms with Crippen LogP contribution in [0, 0.1) is 5.41 Å². The van der Waals surface area contributed by atoms with E-state index in [4.69, 9.17) is 17.0 Å². The number of rotatable bonds is 3. The van der Waals surface area contributed by atoms with Gasteiger partial charge in [-0.3, -0.25) is 15.2 Å². The van der Waals surface area contributed by atoms with Crippen LogP contribution in [0.25, 0.3) is 0 Å². The number of H-pyrrole nitrogens is 2. The van der Waals surface area contributed by atoms with E-state index in [1.807, 2.05) is 36.4 Å². The summed E-state index contributed by atoms with van der Waals surface area (Å²) in [5, 5.41) is 8.82. The van der Waals surface area contributed by atoms with E-state index < -0.39 is 0 Å². The quantitative estimate of drug-likeness (QED) is 0.482. The summed E-state index contributed by atoms with van der Waals surface area (Å²) < 4.78 is 0. The van der Waals surface area contributed by atoms with Gasteiger partial charge in [-0.2, -0.15) is 4.99 Å². The van der Waals surface area contributed by atoms with Gasteiger partial charge in [0.2, 0.25) is 5.62 Å². The summed E-state index contributed by atoms with van der Waals surface area (Å²) in [6, 6.07) is 16.6. The molecular formula is C20H18ClN5O. The number of anilines is 1. The summed E-state index contributed by atoms with van der Waals surface area (Å²) in [5.41, 5.74) is 3.75. The van der Waals surface area contributed by atoms with Crippen molar-refractivity contribution >= 4 is 23.1 Å². The Balaban J connectivity index is 1.63. The Hall–Kier alpha value is -3.12. The second-order valence-electron chi connectivity index (χ2n) is 6.40. The molecule has 0 spiro atoms. The lowest BCUT2D eigenvalue weighted by Gasteiger charge is -2.19. The molecule has 1 aliphatic rings. The Bertz CT molecular complexity index is 1120. The average Bonchev–Trinajstić information content (AvgIpc) is 3.04. The molecule has 1 aromatic heterocycles. The number of hydrogen-bond acceptors (Lipinski definition) is 3. The van der Waals surface area contributed by atoms with Crippen LogP contribution in [0.15, 0.2) is 64.4 Å². The minimum Gasteiger partial charge on any atom is -0.365 e. The van der Waals surface area contributed by atoms with E-state index >= 15 is 0 Å². The maximum atomic E-state index is 12.1. The molecule has 0 amide bonds. The van der Waals surface area contributed by atoms with E-state index in [1.54, 1.807) is 12.1 Å². The van der Waals surface area contributed by atoms with Gasteiger partial charge in [-0.1, -0.05) is 48.0 Å². The molecule has 6 nitrogen and oxygen atoms in total. The van der Waals surface area contributed by atoms with E-state index in [0.29, 0.717) is 17.1 Å². The van der Waals surface area contributed by atoms with Crippen LogP contribution in [-0.2, 0) is 13.0 Å². The van der Waals surface area contributed by atoms with Crippen molar-refractivity contribution in [2.75, 3.05) is 11.4 Å². The second-order valence-corrected chi connectivity index (χ2v) is 6.84. The fraction of sp³-hybridized carbons (Fsp3) is 0.150. The van der Waals surface area contributed by atoms with Crippen LogP contribution in [0.4, 0.5) is 5.69 Å². The molecule has 0 saturated heterocycles. The van der Waals surface area contributed by atoms with Crippen molar-refractivity contribution in [1.82, 2.24) is 9.97 Å². The third kappa shape index (κ3) is 3.85. The summed E-state index contributed by atoms with van der Waals surface area (Å²) >= 11 is 6.13. The van der Waals surface area contributed by atoms with Gasteiger partial charge in [0, 0.05) is 34.6 Å². The van der Waals surface area contributed by atoms with Crippen molar-refractivity contribution in [2.24, 2.45) is 4.99 Å².